The van der Waals surface area contributed by atoms with Crippen LogP contribution in [-0.2, 0) is 14.9 Å². The van der Waals surface area contributed by atoms with Crippen molar-refractivity contribution < 1.29 is 23.2 Å². The van der Waals surface area contributed by atoms with Gasteiger partial charge in [-0.3, -0.25) is 4.55 Å². The SMILES string of the molecule is O=S(=O)(O)C(c1ccc(O)cc1)(c1ccc(Cl)cc1)c1cc(Cl)c(Cl)c(Cl)c1O. The fourth-order valence-electron chi connectivity index (χ4n) is 3.15. The summed E-state index contributed by atoms with van der Waals surface area (Å²) in [5.41, 5.74) is -0.280. The van der Waals surface area contributed by atoms with E-state index in [1.165, 1.54) is 48.5 Å². The van der Waals surface area contributed by atoms with Crippen LogP contribution in [0.5, 0.6) is 11.5 Å². The number of halogens is 4. The second-order valence-corrected chi connectivity index (χ2v) is 9.25. The van der Waals surface area contributed by atoms with Crippen molar-refractivity contribution in [3.05, 3.63) is 91.4 Å². The highest BCUT2D eigenvalue weighted by molar-refractivity contribution is 7.87. The molecular formula is C19H12Cl4O5S. The highest BCUT2D eigenvalue weighted by Crippen LogP contribution is 2.51. The molecule has 10 heteroatoms. The molecule has 0 aliphatic carbocycles. The molecule has 0 amide bonds. The Kier molecular flexibility index (Phi) is 5.98. The van der Waals surface area contributed by atoms with Crippen molar-refractivity contribution in [1.29, 1.82) is 0 Å². The zero-order valence-electron chi connectivity index (χ0n) is 14.3. The average molecular weight is 494 g/mol. The molecule has 0 aliphatic heterocycles. The Bertz CT molecular complexity index is 1130. The minimum atomic E-state index is -5.03. The van der Waals surface area contributed by atoms with Crippen molar-refractivity contribution in [2.24, 2.45) is 0 Å². The van der Waals surface area contributed by atoms with Gasteiger partial charge in [0.1, 0.15) is 16.5 Å². The molecule has 0 radical (unpaired) electrons. The lowest BCUT2D eigenvalue weighted by atomic mass is 9.83. The van der Waals surface area contributed by atoms with Gasteiger partial charge in [-0.1, -0.05) is 70.7 Å². The van der Waals surface area contributed by atoms with E-state index in [1.54, 1.807) is 0 Å². The van der Waals surface area contributed by atoms with Crippen LogP contribution in [-0.4, -0.2) is 23.2 Å². The quantitative estimate of drug-likeness (QED) is 0.239. The van der Waals surface area contributed by atoms with E-state index >= 15 is 0 Å². The number of benzene rings is 3. The first kappa shape index (κ1) is 22.0. The van der Waals surface area contributed by atoms with E-state index in [4.69, 9.17) is 46.4 Å². The molecule has 5 nitrogen and oxygen atoms in total. The molecule has 3 aromatic carbocycles. The number of hydrogen-bond donors (Lipinski definition) is 3. The summed E-state index contributed by atoms with van der Waals surface area (Å²) in [5.74, 6) is -0.813. The van der Waals surface area contributed by atoms with Crippen LogP contribution in [0.1, 0.15) is 16.7 Å². The lowest BCUT2D eigenvalue weighted by Crippen LogP contribution is -2.38. The third kappa shape index (κ3) is 3.65. The van der Waals surface area contributed by atoms with E-state index in [2.05, 4.69) is 0 Å². The van der Waals surface area contributed by atoms with Crippen molar-refractivity contribution >= 4 is 56.5 Å². The minimum Gasteiger partial charge on any atom is -0.508 e. The van der Waals surface area contributed by atoms with Crippen molar-refractivity contribution in [2.75, 3.05) is 0 Å². The highest BCUT2D eigenvalue weighted by Gasteiger charge is 2.50. The molecule has 0 aliphatic rings. The normalized spacial score (nSPS) is 13.8. The van der Waals surface area contributed by atoms with Gasteiger partial charge in [-0.25, -0.2) is 0 Å². The smallest absolute Gasteiger partial charge is 0.283 e. The number of aromatic hydroxyl groups is 2. The molecule has 152 valence electrons. The summed E-state index contributed by atoms with van der Waals surface area (Å²) in [4.78, 5) is 0. The summed E-state index contributed by atoms with van der Waals surface area (Å²) < 4.78 is 33.9. The lowest BCUT2D eigenvalue weighted by molar-refractivity contribution is 0.440. The summed E-state index contributed by atoms with van der Waals surface area (Å²) in [6.45, 7) is 0. The third-order valence-corrected chi connectivity index (χ3v) is 7.40. The Morgan fingerprint density at radius 1 is 0.759 bits per heavy atom. The maximum atomic E-state index is 12.9. The summed E-state index contributed by atoms with van der Waals surface area (Å²) in [5, 5.41) is 20.0. The zero-order chi connectivity index (χ0) is 21.6. The molecule has 0 bridgehead atoms. The number of phenols is 2. The van der Waals surface area contributed by atoms with Crippen LogP contribution >= 0.6 is 46.4 Å². The molecule has 29 heavy (non-hydrogen) atoms. The number of phenolic OH excluding ortho intramolecular Hbond substituents is 2. The summed E-state index contributed by atoms with van der Waals surface area (Å²) in [6, 6.07) is 11.8. The third-order valence-electron chi connectivity index (χ3n) is 4.43. The first-order valence-electron chi connectivity index (χ1n) is 7.89. The molecule has 1 unspecified atom stereocenters. The van der Waals surface area contributed by atoms with Gasteiger partial charge in [-0.2, -0.15) is 8.42 Å². The van der Waals surface area contributed by atoms with E-state index < -0.39 is 20.6 Å². The number of hydrogen-bond acceptors (Lipinski definition) is 4. The van der Waals surface area contributed by atoms with Gasteiger partial charge in [-0.05, 0) is 41.5 Å². The molecule has 3 aromatic rings. The molecule has 3 N–H and O–H groups in total. The Balaban J connectivity index is 2.57. The maximum Gasteiger partial charge on any atom is 0.283 e. The van der Waals surface area contributed by atoms with E-state index in [-0.39, 0.29) is 37.5 Å². The summed E-state index contributed by atoms with van der Waals surface area (Å²) >= 11 is 24.1. The van der Waals surface area contributed by atoms with Gasteiger partial charge in [0.2, 0.25) is 0 Å². The van der Waals surface area contributed by atoms with Crippen LogP contribution in [0.25, 0.3) is 0 Å². The second-order valence-electron chi connectivity index (χ2n) is 6.09. The molecule has 0 aromatic heterocycles. The van der Waals surface area contributed by atoms with Gasteiger partial charge in [0.25, 0.3) is 10.1 Å². The van der Waals surface area contributed by atoms with Gasteiger partial charge in [0.05, 0.1) is 10.0 Å². The van der Waals surface area contributed by atoms with Gasteiger partial charge in [0.15, 0.2) is 4.75 Å². The first-order valence-corrected chi connectivity index (χ1v) is 10.8. The minimum absolute atomic E-state index is 0.00452. The van der Waals surface area contributed by atoms with E-state index in [9.17, 15) is 23.2 Å². The van der Waals surface area contributed by atoms with Crippen LogP contribution in [0, 0.1) is 0 Å². The largest absolute Gasteiger partial charge is 0.508 e. The van der Waals surface area contributed by atoms with Gasteiger partial charge in [0, 0.05) is 10.6 Å². The molecule has 0 saturated heterocycles. The summed E-state index contributed by atoms with van der Waals surface area (Å²) in [6.07, 6.45) is 0. The van der Waals surface area contributed by atoms with Crippen LogP contribution in [0.2, 0.25) is 20.1 Å². The van der Waals surface area contributed by atoms with Gasteiger partial charge >= 0.3 is 0 Å². The molecule has 3 rings (SSSR count). The predicted molar refractivity (Wildman–Crippen MR) is 114 cm³/mol. The lowest BCUT2D eigenvalue weighted by Gasteiger charge is -2.33. The molecular weight excluding hydrogens is 482 g/mol. The fraction of sp³-hybridized carbons (Fsp3) is 0.0526. The van der Waals surface area contributed by atoms with Crippen LogP contribution < -0.4 is 0 Å². The van der Waals surface area contributed by atoms with Crippen LogP contribution in [0.4, 0.5) is 0 Å². The van der Waals surface area contributed by atoms with Crippen molar-refractivity contribution in [3.8, 4) is 11.5 Å². The van der Waals surface area contributed by atoms with Crippen LogP contribution in [0.3, 0.4) is 0 Å². The number of rotatable bonds is 4. The summed E-state index contributed by atoms with van der Waals surface area (Å²) in [7, 11) is -5.03. The Labute approximate surface area is 186 Å². The van der Waals surface area contributed by atoms with E-state index in [0.717, 1.165) is 6.07 Å². The first-order chi connectivity index (χ1) is 13.5. The molecule has 0 spiro atoms. The van der Waals surface area contributed by atoms with Crippen molar-refractivity contribution in [2.45, 2.75) is 4.75 Å². The molecule has 0 saturated carbocycles. The fourth-order valence-corrected chi connectivity index (χ4v) is 5.18. The molecule has 1 atom stereocenters. The standard InChI is InChI=1S/C19H12Cl4O5S/c20-12-5-1-10(2-6-12)19(29(26,27)28,11-3-7-13(24)8-4-11)14-9-15(21)16(22)17(23)18(14)25/h1-9,24-25H,(H,26,27,28). The molecule has 0 heterocycles. The van der Waals surface area contributed by atoms with Crippen molar-refractivity contribution in [3.63, 3.8) is 0 Å². The van der Waals surface area contributed by atoms with E-state index in [1.807, 2.05) is 0 Å². The zero-order valence-corrected chi connectivity index (χ0v) is 18.1. The average Bonchev–Trinajstić information content (AvgIpc) is 2.66. The van der Waals surface area contributed by atoms with Gasteiger partial charge in [-0.15, -0.1) is 0 Å². The Morgan fingerprint density at radius 3 is 1.72 bits per heavy atom. The Hall–Kier alpha value is -1.67. The van der Waals surface area contributed by atoms with Crippen molar-refractivity contribution in [1.82, 2.24) is 0 Å². The monoisotopic (exact) mass is 492 g/mol. The Morgan fingerprint density at radius 2 is 1.24 bits per heavy atom. The maximum absolute atomic E-state index is 12.9. The topological polar surface area (TPSA) is 94.8 Å². The highest BCUT2D eigenvalue weighted by atomic mass is 35.5. The predicted octanol–water partition coefficient (Wildman–Crippen LogP) is 5.89. The van der Waals surface area contributed by atoms with E-state index in [0.29, 0.717) is 5.02 Å². The molecule has 0 fully saturated rings. The van der Waals surface area contributed by atoms with Gasteiger partial charge < -0.3 is 10.2 Å². The van der Waals surface area contributed by atoms with Crippen LogP contribution in [0.15, 0.2) is 54.6 Å². The second kappa shape index (κ2) is 7.87.